The lowest BCUT2D eigenvalue weighted by Gasteiger charge is -2.17. The number of benzene rings is 2. The van der Waals surface area contributed by atoms with Crippen molar-refractivity contribution in [1.82, 2.24) is 0 Å². The van der Waals surface area contributed by atoms with Crippen molar-refractivity contribution in [2.24, 2.45) is 5.92 Å². The van der Waals surface area contributed by atoms with Crippen molar-refractivity contribution in [2.75, 3.05) is 6.61 Å². The molecule has 0 aliphatic rings. The fourth-order valence-corrected chi connectivity index (χ4v) is 2.44. The molecule has 0 aliphatic heterocycles. The van der Waals surface area contributed by atoms with E-state index >= 15 is 0 Å². The van der Waals surface area contributed by atoms with Crippen molar-refractivity contribution in [3.8, 4) is 17.2 Å². The van der Waals surface area contributed by atoms with E-state index in [2.05, 4.69) is 19.9 Å². The molecule has 4 nitrogen and oxygen atoms in total. The lowest BCUT2D eigenvalue weighted by molar-refractivity contribution is 0.103. The minimum Gasteiger partial charge on any atom is -0.493 e. The Labute approximate surface area is 162 Å². The van der Waals surface area contributed by atoms with Gasteiger partial charge in [0.1, 0.15) is 17.2 Å². The summed E-state index contributed by atoms with van der Waals surface area (Å²) in [4.78, 5) is 13.0. The van der Waals surface area contributed by atoms with Crippen LogP contribution in [0.15, 0.2) is 36.4 Å². The first-order valence-corrected chi connectivity index (χ1v) is 9.42. The van der Waals surface area contributed by atoms with Crippen LogP contribution in [0.3, 0.4) is 0 Å². The average Bonchev–Trinajstić information content (AvgIpc) is 2.59. The summed E-state index contributed by atoms with van der Waals surface area (Å²) in [5.41, 5.74) is 1.04. The largest absolute Gasteiger partial charge is 0.493 e. The van der Waals surface area contributed by atoms with Crippen molar-refractivity contribution in [2.45, 2.75) is 53.8 Å². The SMILES string of the molecule is CC(C)COc1[c]cc(C(=O)c2ccc(OC(C)C)cc2OC(C)C)cc1. The fourth-order valence-electron chi connectivity index (χ4n) is 2.44. The quantitative estimate of drug-likeness (QED) is 0.561. The third-order valence-corrected chi connectivity index (χ3v) is 3.55. The molecule has 0 aliphatic carbocycles. The van der Waals surface area contributed by atoms with E-state index in [1.54, 1.807) is 36.4 Å². The molecular weight excluding hydrogens is 340 g/mol. The molecule has 0 spiro atoms. The maximum absolute atomic E-state index is 13.0. The summed E-state index contributed by atoms with van der Waals surface area (Å²) < 4.78 is 17.2. The van der Waals surface area contributed by atoms with Gasteiger partial charge in [-0.1, -0.05) is 13.8 Å². The first kappa shape index (κ1) is 20.8. The van der Waals surface area contributed by atoms with E-state index in [-0.39, 0.29) is 18.0 Å². The van der Waals surface area contributed by atoms with Gasteiger partial charge in [-0.3, -0.25) is 4.79 Å². The summed E-state index contributed by atoms with van der Waals surface area (Å²) >= 11 is 0. The first-order valence-electron chi connectivity index (χ1n) is 9.42. The minimum absolute atomic E-state index is 0.0476. The standard InChI is InChI=1S/C23H29O4/c1-15(2)14-25-19-9-7-18(8-10-19)23(24)21-12-11-20(26-16(3)4)13-22(21)27-17(5)6/h7-9,11-13,15-17H,14H2,1-6H3. The van der Waals surface area contributed by atoms with Gasteiger partial charge in [-0.15, -0.1) is 0 Å². The first-order chi connectivity index (χ1) is 12.8. The molecule has 0 amide bonds. The molecule has 27 heavy (non-hydrogen) atoms. The van der Waals surface area contributed by atoms with Crippen LogP contribution in [0.5, 0.6) is 17.2 Å². The monoisotopic (exact) mass is 369 g/mol. The van der Waals surface area contributed by atoms with E-state index in [1.807, 2.05) is 27.7 Å². The van der Waals surface area contributed by atoms with Gasteiger partial charge in [0.15, 0.2) is 5.78 Å². The molecule has 145 valence electrons. The van der Waals surface area contributed by atoms with E-state index in [0.717, 1.165) is 0 Å². The molecule has 0 fully saturated rings. The molecule has 2 aromatic rings. The summed E-state index contributed by atoms with van der Waals surface area (Å²) in [6.45, 7) is 12.6. The van der Waals surface area contributed by atoms with Gasteiger partial charge in [-0.25, -0.2) is 0 Å². The molecule has 0 atom stereocenters. The molecule has 2 aromatic carbocycles. The number of hydrogen-bond acceptors (Lipinski definition) is 4. The van der Waals surface area contributed by atoms with E-state index in [1.165, 1.54) is 0 Å². The Morgan fingerprint density at radius 1 is 0.963 bits per heavy atom. The molecule has 0 unspecified atom stereocenters. The molecule has 0 heterocycles. The van der Waals surface area contributed by atoms with Gasteiger partial charge in [0.2, 0.25) is 0 Å². The Hall–Kier alpha value is -2.49. The van der Waals surface area contributed by atoms with Crippen LogP contribution in [0.1, 0.15) is 57.5 Å². The number of carbonyl (C=O) groups excluding carboxylic acids is 1. The zero-order valence-electron chi connectivity index (χ0n) is 17.0. The topological polar surface area (TPSA) is 44.8 Å². The van der Waals surface area contributed by atoms with Gasteiger partial charge >= 0.3 is 0 Å². The zero-order chi connectivity index (χ0) is 20.0. The highest BCUT2D eigenvalue weighted by Crippen LogP contribution is 2.29. The van der Waals surface area contributed by atoms with Gasteiger partial charge < -0.3 is 14.2 Å². The van der Waals surface area contributed by atoms with Crippen LogP contribution in [0.2, 0.25) is 0 Å². The van der Waals surface area contributed by atoms with Gasteiger partial charge in [-0.05, 0) is 63.9 Å². The summed E-state index contributed by atoms with van der Waals surface area (Å²) in [7, 11) is 0. The number of ether oxygens (including phenoxy) is 3. The van der Waals surface area contributed by atoms with E-state index < -0.39 is 0 Å². The van der Waals surface area contributed by atoms with Crippen LogP contribution < -0.4 is 14.2 Å². The van der Waals surface area contributed by atoms with Crippen molar-refractivity contribution in [3.63, 3.8) is 0 Å². The Morgan fingerprint density at radius 3 is 2.22 bits per heavy atom. The van der Waals surface area contributed by atoms with Crippen LogP contribution in [-0.2, 0) is 0 Å². The van der Waals surface area contributed by atoms with Crippen LogP contribution in [0.4, 0.5) is 0 Å². The Balaban J connectivity index is 2.25. The van der Waals surface area contributed by atoms with Crippen molar-refractivity contribution >= 4 is 5.78 Å². The minimum atomic E-state index is -0.117. The van der Waals surface area contributed by atoms with Crippen LogP contribution >= 0.6 is 0 Å². The highest BCUT2D eigenvalue weighted by molar-refractivity contribution is 6.10. The smallest absolute Gasteiger partial charge is 0.196 e. The van der Waals surface area contributed by atoms with E-state index in [0.29, 0.717) is 40.9 Å². The third-order valence-electron chi connectivity index (χ3n) is 3.55. The molecule has 0 N–H and O–H groups in total. The summed E-state index contributed by atoms with van der Waals surface area (Å²) in [5, 5.41) is 0. The highest BCUT2D eigenvalue weighted by Gasteiger charge is 2.17. The second-order valence-corrected chi connectivity index (χ2v) is 7.47. The van der Waals surface area contributed by atoms with Gasteiger partial charge in [0.25, 0.3) is 0 Å². The Bertz CT molecular complexity index is 745. The average molecular weight is 369 g/mol. The maximum Gasteiger partial charge on any atom is 0.196 e. The van der Waals surface area contributed by atoms with Gasteiger partial charge in [0.05, 0.1) is 24.4 Å². The van der Waals surface area contributed by atoms with Gasteiger partial charge in [-0.2, -0.15) is 0 Å². The summed E-state index contributed by atoms with van der Waals surface area (Å²) in [6.07, 6.45) is -0.00402. The molecule has 0 saturated carbocycles. The van der Waals surface area contributed by atoms with Crippen LogP contribution in [0.25, 0.3) is 0 Å². The lowest BCUT2D eigenvalue weighted by Crippen LogP contribution is -2.12. The highest BCUT2D eigenvalue weighted by atomic mass is 16.5. The summed E-state index contributed by atoms with van der Waals surface area (Å²) in [6, 6.07) is 13.5. The van der Waals surface area contributed by atoms with Gasteiger partial charge in [0, 0.05) is 17.7 Å². The fraction of sp³-hybridized carbons (Fsp3) is 0.435. The van der Waals surface area contributed by atoms with E-state index in [4.69, 9.17) is 14.2 Å². The molecular formula is C23H29O4. The molecule has 0 saturated heterocycles. The van der Waals surface area contributed by atoms with E-state index in [9.17, 15) is 4.79 Å². The van der Waals surface area contributed by atoms with Crippen LogP contribution in [-0.4, -0.2) is 24.6 Å². The van der Waals surface area contributed by atoms with Crippen molar-refractivity contribution in [1.29, 1.82) is 0 Å². The lowest BCUT2D eigenvalue weighted by atomic mass is 10.0. The normalized spacial score (nSPS) is 11.1. The van der Waals surface area contributed by atoms with Crippen molar-refractivity contribution in [3.05, 3.63) is 53.6 Å². The number of rotatable bonds is 9. The maximum atomic E-state index is 13.0. The Morgan fingerprint density at radius 2 is 1.67 bits per heavy atom. The predicted octanol–water partition coefficient (Wildman–Crippen LogP) is 5.33. The number of carbonyl (C=O) groups is 1. The molecule has 4 heteroatoms. The second kappa shape index (κ2) is 9.45. The van der Waals surface area contributed by atoms with Crippen molar-refractivity contribution < 1.29 is 19.0 Å². The number of hydrogen-bond donors (Lipinski definition) is 0. The third kappa shape index (κ3) is 6.31. The summed E-state index contributed by atoms with van der Waals surface area (Å²) in [5.74, 6) is 2.16. The van der Waals surface area contributed by atoms with Crippen LogP contribution in [0, 0.1) is 12.0 Å². The number of ketones is 1. The second-order valence-electron chi connectivity index (χ2n) is 7.47. The Kier molecular flexibility index (Phi) is 7.28. The molecule has 0 bridgehead atoms. The predicted molar refractivity (Wildman–Crippen MR) is 107 cm³/mol. The molecule has 2 rings (SSSR count). The molecule has 1 radical (unpaired) electrons. The molecule has 0 aromatic heterocycles. The zero-order valence-corrected chi connectivity index (χ0v) is 17.0.